The summed E-state index contributed by atoms with van der Waals surface area (Å²) in [6.07, 6.45) is 0. The van der Waals surface area contributed by atoms with Crippen LogP contribution < -0.4 is 10.9 Å². The van der Waals surface area contributed by atoms with Crippen molar-refractivity contribution in [3.05, 3.63) is 75.0 Å². The van der Waals surface area contributed by atoms with Gasteiger partial charge in [-0.25, -0.2) is 4.98 Å². The number of hydrogen-bond donors (Lipinski definition) is 2. The molecule has 1 aromatic carbocycles. The Hall–Kier alpha value is -2.28. The van der Waals surface area contributed by atoms with Crippen molar-refractivity contribution in [3.63, 3.8) is 0 Å². The molecule has 0 aliphatic heterocycles. The number of H-pyrrole nitrogens is 1. The van der Waals surface area contributed by atoms with Crippen molar-refractivity contribution in [2.45, 2.75) is 25.8 Å². The first-order chi connectivity index (χ1) is 13.1. The van der Waals surface area contributed by atoms with Crippen LogP contribution in [0.3, 0.4) is 0 Å². The lowest BCUT2D eigenvalue weighted by atomic mass is 10.0. The van der Waals surface area contributed by atoms with Crippen molar-refractivity contribution in [2.24, 2.45) is 0 Å². The van der Waals surface area contributed by atoms with E-state index in [4.69, 9.17) is 4.98 Å². The third kappa shape index (κ3) is 3.74. The van der Waals surface area contributed by atoms with Crippen molar-refractivity contribution in [2.75, 3.05) is 6.54 Å². The number of aromatic amines is 1. The predicted molar refractivity (Wildman–Crippen MR) is 115 cm³/mol. The molecule has 0 radical (unpaired) electrons. The molecule has 138 valence electrons. The zero-order valence-electron chi connectivity index (χ0n) is 15.2. The van der Waals surface area contributed by atoms with Gasteiger partial charge in [0.05, 0.1) is 11.4 Å². The van der Waals surface area contributed by atoms with Gasteiger partial charge in [0, 0.05) is 22.4 Å². The van der Waals surface area contributed by atoms with Gasteiger partial charge in [0.15, 0.2) is 0 Å². The molecule has 0 saturated heterocycles. The Bertz CT molecular complexity index is 1080. The lowest BCUT2D eigenvalue weighted by Crippen LogP contribution is -2.26. The first-order valence-electron chi connectivity index (χ1n) is 8.97. The summed E-state index contributed by atoms with van der Waals surface area (Å²) in [6.45, 7) is 5.05. The van der Waals surface area contributed by atoms with Gasteiger partial charge in [0.2, 0.25) is 0 Å². The molecule has 0 unspecified atom stereocenters. The van der Waals surface area contributed by atoms with Crippen LogP contribution in [0.15, 0.2) is 58.0 Å². The van der Waals surface area contributed by atoms with Gasteiger partial charge in [-0.2, -0.15) is 0 Å². The Balaban J connectivity index is 1.54. The Morgan fingerprint density at radius 3 is 2.67 bits per heavy atom. The van der Waals surface area contributed by atoms with Gasteiger partial charge in [0.1, 0.15) is 10.7 Å². The van der Waals surface area contributed by atoms with Gasteiger partial charge in [-0.15, -0.1) is 22.7 Å². The Kier molecular flexibility index (Phi) is 5.20. The maximum Gasteiger partial charge on any atom is 0.260 e. The molecule has 0 amide bonds. The van der Waals surface area contributed by atoms with Crippen LogP contribution in [0.5, 0.6) is 0 Å². The van der Waals surface area contributed by atoms with E-state index in [0.717, 1.165) is 21.8 Å². The van der Waals surface area contributed by atoms with Gasteiger partial charge >= 0.3 is 0 Å². The van der Waals surface area contributed by atoms with Crippen molar-refractivity contribution in [3.8, 4) is 10.4 Å². The quantitative estimate of drug-likeness (QED) is 0.474. The van der Waals surface area contributed by atoms with Crippen LogP contribution >= 0.6 is 22.7 Å². The third-order valence-corrected chi connectivity index (χ3v) is 6.53. The lowest BCUT2D eigenvalue weighted by Gasteiger charge is -2.17. The van der Waals surface area contributed by atoms with E-state index in [-0.39, 0.29) is 11.6 Å². The largest absolute Gasteiger partial charge is 0.309 e. The molecule has 4 aromatic rings. The smallest absolute Gasteiger partial charge is 0.260 e. The summed E-state index contributed by atoms with van der Waals surface area (Å²) in [5.41, 5.74) is 2.21. The minimum atomic E-state index is -0.0654. The fraction of sp³-hybridized carbons (Fsp3) is 0.238. The minimum absolute atomic E-state index is 0.0273. The van der Waals surface area contributed by atoms with Gasteiger partial charge in [-0.05, 0) is 29.9 Å². The topological polar surface area (TPSA) is 57.8 Å². The normalized spacial score (nSPS) is 13.7. The predicted octanol–water partition coefficient (Wildman–Crippen LogP) is 5.17. The second-order valence-corrected chi connectivity index (χ2v) is 8.51. The van der Waals surface area contributed by atoms with Crippen LogP contribution in [0, 0.1) is 0 Å². The molecule has 3 aromatic heterocycles. The molecular formula is C21H21N3OS2. The number of nitrogens with zero attached hydrogens (tertiary/aromatic N) is 1. The van der Waals surface area contributed by atoms with E-state index >= 15 is 0 Å². The van der Waals surface area contributed by atoms with Gasteiger partial charge in [0.25, 0.3) is 5.56 Å². The summed E-state index contributed by atoms with van der Waals surface area (Å²) < 4.78 is 0. The third-order valence-electron chi connectivity index (χ3n) is 4.76. The van der Waals surface area contributed by atoms with E-state index < -0.39 is 0 Å². The molecule has 0 spiro atoms. The molecule has 4 rings (SSSR count). The average molecular weight is 396 g/mol. The zero-order valence-corrected chi connectivity index (χ0v) is 16.9. The molecule has 2 atom stereocenters. The number of thiophene rings is 2. The highest BCUT2D eigenvalue weighted by molar-refractivity contribution is 7.18. The maximum atomic E-state index is 12.7. The first-order valence-corrected chi connectivity index (χ1v) is 10.7. The summed E-state index contributed by atoms with van der Waals surface area (Å²) in [6, 6.07) is 14.4. The van der Waals surface area contributed by atoms with E-state index in [9.17, 15) is 4.79 Å². The highest BCUT2D eigenvalue weighted by Gasteiger charge is 2.16. The summed E-state index contributed by atoms with van der Waals surface area (Å²) in [5, 5.41) is 8.24. The molecule has 0 aliphatic rings. The highest BCUT2D eigenvalue weighted by atomic mass is 32.1. The Morgan fingerprint density at radius 2 is 1.93 bits per heavy atom. The molecule has 0 saturated carbocycles. The van der Waals surface area contributed by atoms with Crippen LogP contribution in [-0.4, -0.2) is 16.5 Å². The fourth-order valence-electron chi connectivity index (χ4n) is 3.13. The minimum Gasteiger partial charge on any atom is -0.309 e. The van der Waals surface area contributed by atoms with E-state index in [0.29, 0.717) is 17.1 Å². The second-order valence-electron chi connectivity index (χ2n) is 6.70. The lowest BCUT2D eigenvalue weighted by molar-refractivity contribution is 0.517. The molecule has 0 fully saturated rings. The van der Waals surface area contributed by atoms with Crippen molar-refractivity contribution in [1.29, 1.82) is 0 Å². The SMILES string of the molecule is C[C@H](NC[C@H](C)c1ccccc1)c1nc2scc(-c3cccs3)c2c(=O)[nH]1. The number of rotatable bonds is 6. The number of aromatic nitrogens is 2. The van der Waals surface area contributed by atoms with Crippen LogP contribution in [0.2, 0.25) is 0 Å². The van der Waals surface area contributed by atoms with E-state index in [1.807, 2.05) is 35.9 Å². The molecule has 27 heavy (non-hydrogen) atoms. The number of nitrogens with one attached hydrogen (secondary N) is 2. The van der Waals surface area contributed by atoms with Gasteiger partial charge in [-0.3, -0.25) is 4.79 Å². The van der Waals surface area contributed by atoms with Crippen molar-refractivity contribution >= 4 is 32.9 Å². The maximum absolute atomic E-state index is 12.7. The summed E-state index contributed by atoms with van der Waals surface area (Å²) in [7, 11) is 0. The molecule has 4 nitrogen and oxygen atoms in total. The summed E-state index contributed by atoms with van der Waals surface area (Å²) >= 11 is 3.16. The molecule has 0 bridgehead atoms. The molecule has 3 heterocycles. The Morgan fingerprint density at radius 1 is 1.11 bits per heavy atom. The fourth-order valence-corrected chi connectivity index (χ4v) is 4.90. The number of hydrogen-bond acceptors (Lipinski definition) is 5. The molecule has 6 heteroatoms. The number of benzene rings is 1. The van der Waals surface area contributed by atoms with Crippen LogP contribution in [-0.2, 0) is 0 Å². The average Bonchev–Trinajstić information content (AvgIpc) is 3.36. The van der Waals surface area contributed by atoms with E-state index in [1.165, 1.54) is 16.9 Å². The van der Waals surface area contributed by atoms with E-state index in [2.05, 4.69) is 41.5 Å². The second kappa shape index (κ2) is 7.76. The van der Waals surface area contributed by atoms with E-state index in [1.54, 1.807) is 11.3 Å². The van der Waals surface area contributed by atoms with Gasteiger partial charge < -0.3 is 10.3 Å². The van der Waals surface area contributed by atoms with Crippen molar-refractivity contribution < 1.29 is 0 Å². The molecule has 2 N–H and O–H groups in total. The monoisotopic (exact) mass is 395 g/mol. The number of fused-ring (bicyclic) bond motifs is 1. The summed E-state index contributed by atoms with van der Waals surface area (Å²) in [5.74, 6) is 1.07. The zero-order chi connectivity index (χ0) is 18.8. The van der Waals surface area contributed by atoms with Gasteiger partial charge in [-0.1, -0.05) is 43.3 Å². The summed E-state index contributed by atoms with van der Waals surface area (Å²) in [4.78, 5) is 22.3. The first kappa shape index (κ1) is 18.1. The molecular weight excluding hydrogens is 374 g/mol. The Labute approximate surface area is 165 Å². The molecule has 0 aliphatic carbocycles. The van der Waals surface area contributed by atoms with Crippen molar-refractivity contribution in [1.82, 2.24) is 15.3 Å². The van der Waals surface area contributed by atoms with Crippen LogP contribution in [0.25, 0.3) is 20.7 Å². The standard InChI is InChI=1S/C21H21N3OS2/c1-13(15-7-4-3-5-8-15)11-22-14(2)19-23-20(25)18-16(12-27-21(18)24-19)17-9-6-10-26-17/h3-10,12-14,22H,11H2,1-2H3,(H,23,24,25)/t13-,14-/m0/s1. The van der Waals surface area contributed by atoms with Crippen LogP contribution in [0.4, 0.5) is 0 Å². The highest BCUT2D eigenvalue weighted by Crippen LogP contribution is 2.33. The van der Waals surface area contributed by atoms with Crippen LogP contribution in [0.1, 0.15) is 37.2 Å².